The van der Waals surface area contributed by atoms with E-state index in [1.54, 1.807) is 0 Å². The highest BCUT2D eigenvalue weighted by Gasteiger charge is 2.27. The van der Waals surface area contributed by atoms with Crippen molar-refractivity contribution in [3.8, 4) is 11.4 Å². The summed E-state index contributed by atoms with van der Waals surface area (Å²) in [6.07, 6.45) is 10.7. The molecule has 1 amide bonds. The Kier molecular flexibility index (Phi) is 6.81. The van der Waals surface area contributed by atoms with E-state index in [0.29, 0.717) is 12.2 Å². The highest BCUT2D eigenvalue weighted by atomic mass is 35.5. The van der Waals surface area contributed by atoms with Gasteiger partial charge in [0.25, 0.3) is 5.91 Å². The lowest BCUT2D eigenvalue weighted by Gasteiger charge is -2.28. The molecule has 1 saturated carbocycles. The lowest BCUT2D eigenvalue weighted by Crippen LogP contribution is -2.36. The standard InChI is InChI=1S/C26H32ClN5O/c27-20-12-10-19(11-13-20)18-32-23(31-16-6-1-2-7-17-31)15-14-22-24(29-30-25(22)32)26(33)28-21-8-4-3-5-9-21/h10-15,21H,1-9,16-18H2,(H,28,33). The molecule has 1 aromatic carbocycles. The SMILES string of the molecule is O=C(NC1CCCCC1)c1nnc2n(Cc3ccc(Cl)cc3)c(N3CCCCCC3)ccc1-2. The van der Waals surface area contributed by atoms with Gasteiger partial charge in [0.1, 0.15) is 5.82 Å². The number of aromatic nitrogens is 3. The van der Waals surface area contributed by atoms with Crippen LogP contribution in [0.15, 0.2) is 36.4 Å². The van der Waals surface area contributed by atoms with Gasteiger partial charge in [-0.25, -0.2) is 0 Å². The van der Waals surface area contributed by atoms with Gasteiger partial charge in [-0.05, 0) is 55.5 Å². The normalized spacial score (nSPS) is 17.8. The Morgan fingerprint density at radius 2 is 1.61 bits per heavy atom. The zero-order valence-corrected chi connectivity index (χ0v) is 19.9. The van der Waals surface area contributed by atoms with Crippen LogP contribution in [0, 0.1) is 0 Å². The molecule has 3 aliphatic heterocycles. The summed E-state index contributed by atoms with van der Waals surface area (Å²) in [4.78, 5) is 15.5. The first-order valence-electron chi connectivity index (χ1n) is 12.4. The molecule has 0 unspecified atom stereocenters. The fraction of sp³-hybridized carbons (Fsp3) is 0.500. The summed E-state index contributed by atoms with van der Waals surface area (Å²) in [6.45, 7) is 2.73. The second-order valence-electron chi connectivity index (χ2n) is 9.40. The molecule has 0 aromatic heterocycles. The molecule has 5 rings (SSSR count). The molecular weight excluding hydrogens is 434 g/mol. The Hall–Kier alpha value is -2.60. The smallest absolute Gasteiger partial charge is 0.272 e. The van der Waals surface area contributed by atoms with E-state index in [1.165, 1.54) is 44.9 Å². The third-order valence-electron chi connectivity index (χ3n) is 7.01. The molecule has 0 radical (unpaired) electrons. The maximum Gasteiger partial charge on any atom is 0.272 e. The summed E-state index contributed by atoms with van der Waals surface area (Å²) < 4.78 is 2.22. The summed E-state index contributed by atoms with van der Waals surface area (Å²) in [7, 11) is 0. The lowest BCUT2D eigenvalue weighted by atomic mass is 9.95. The number of hydrogen-bond acceptors (Lipinski definition) is 4. The maximum atomic E-state index is 13.1. The van der Waals surface area contributed by atoms with Crippen molar-refractivity contribution >= 4 is 23.3 Å². The average Bonchev–Trinajstić information content (AvgIpc) is 3.09. The number of fused-ring (bicyclic) bond motifs is 1. The van der Waals surface area contributed by atoms with Crippen molar-refractivity contribution < 1.29 is 4.79 Å². The number of rotatable bonds is 5. The fourth-order valence-electron chi connectivity index (χ4n) is 5.19. The van der Waals surface area contributed by atoms with Crippen LogP contribution in [0.3, 0.4) is 0 Å². The number of nitrogens with one attached hydrogen (secondary N) is 1. The molecule has 4 aliphatic rings. The monoisotopic (exact) mass is 465 g/mol. The molecule has 1 saturated heterocycles. The highest BCUT2D eigenvalue weighted by molar-refractivity contribution is 6.30. The van der Waals surface area contributed by atoms with Crippen LogP contribution in [0.2, 0.25) is 5.02 Å². The molecule has 2 fully saturated rings. The number of nitrogens with zero attached hydrogens (tertiary/aromatic N) is 4. The van der Waals surface area contributed by atoms with Gasteiger partial charge in [-0.2, -0.15) is 0 Å². The number of halogens is 1. The largest absolute Gasteiger partial charge is 0.358 e. The van der Waals surface area contributed by atoms with Crippen molar-refractivity contribution in [3.05, 3.63) is 52.7 Å². The Bertz CT molecular complexity index is 1050. The number of carbonyl (C=O) groups excluding carboxylic acids is 1. The molecule has 174 valence electrons. The number of pyridine rings is 1. The molecule has 0 atom stereocenters. The number of benzene rings is 1. The predicted octanol–water partition coefficient (Wildman–Crippen LogP) is 5.53. The van der Waals surface area contributed by atoms with E-state index in [1.807, 2.05) is 30.3 Å². The van der Waals surface area contributed by atoms with Gasteiger partial charge in [0.15, 0.2) is 11.5 Å². The number of amides is 1. The minimum absolute atomic E-state index is 0.107. The summed E-state index contributed by atoms with van der Waals surface area (Å²) in [5, 5.41) is 12.8. The van der Waals surface area contributed by atoms with Gasteiger partial charge < -0.3 is 14.8 Å². The summed E-state index contributed by atoms with van der Waals surface area (Å²) in [5.41, 5.74) is 2.39. The first-order chi connectivity index (χ1) is 16.2. The third kappa shape index (κ3) is 5.01. The van der Waals surface area contributed by atoms with Crippen molar-refractivity contribution in [2.24, 2.45) is 0 Å². The quantitative estimate of drug-likeness (QED) is 0.538. The second-order valence-corrected chi connectivity index (χ2v) is 9.84. The first kappa shape index (κ1) is 22.2. The third-order valence-corrected chi connectivity index (χ3v) is 7.26. The predicted molar refractivity (Wildman–Crippen MR) is 132 cm³/mol. The van der Waals surface area contributed by atoms with E-state index in [0.717, 1.165) is 53.7 Å². The van der Waals surface area contributed by atoms with E-state index in [2.05, 4.69) is 31.0 Å². The Labute approximate surface area is 200 Å². The Morgan fingerprint density at radius 1 is 0.909 bits per heavy atom. The molecule has 3 heterocycles. The first-order valence-corrected chi connectivity index (χ1v) is 12.7. The Balaban J connectivity index is 1.48. The molecule has 33 heavy (non-hydrogen) atoms. The van der Waals surface area contributed by atoms with E-state index >= 15 is 0 Å². The van der Waals surface area contributed by atoms with Gasteiger partial charge in [-0.15, -0.1) is 10.2 Å². The average molecular weight is 466 g/mol. The molecule has 0 spiro atoms. The van der Waals surface area contributed by atoms with Crippen LogP contribution in [-0.2, 0) is 6.54 Å². The zero-order chi connectivity index (χ0) is 22.6. The molecule has 7 heteroatoms. The molecule has 1 aromatic rings. The van der Waals surface area contributed by atoms with Crippen LogP contribution in [-0.4, -0.2) is 39.8 Å². The number of carbonyl (C=O) groups is 1. The molecule has 6 nitrogen and oxygen atoms in total. The Morgan fingerprint density at radius 3 is 2.33 bits per heavy atom. The van der Waals surface area contributed by atoms with Crippen molar-refractivity contribution in [1.29, 1.82) is 0 Å². The summed E-state index contributed by atoms with van der Waals surface area (Å²) >= 11 is 6.12. The van der Waals surface area contributed by atoms with Crippen LogP contribution in [0.1, 0.15) is 73.8 Å². The second kappa shape index (κ2) is 10.1. The van der Waals surface area contributed by atoms with E-state index in [4.69, 9.17) is 11.6 Å². The van der Waals surface area contributed by atoms with E-state index in [9.17, 15) is 4.79 Å². The lowest BCUT2D eigenvalue weighted by molar-refractivity contribution is 0.0923. The fourth-order valence-corrected chi connectivity index (χ4v) is 5.32. The van der Waals surface area contributed by atoms with Crippen LogP contribution in [0.4, 0.5) is 5.82 Å². The minimum Gasteiger partial charge on any atom is -0.358 e. The number of hydrogen-bond donors (Lipinski definition) is 1. The van der Waals surface area contributed by atoms with E-state index in [-0.39, 0.29) is 11.9 Å². The zero-order valence-electron chi connectivity index (χ0n) is 19.1. The molecule has 1 N–H and O–H groups in total. The molecule has 1 aliphatic carbocycles. The van der Waals surface area contributed by atoms with Gasteiger partial charge >= 0.3 is 0 Å². The van der Waals surface area contributed by atoms with E-state index < -0.39 is 0 Å². The van der Waals surface area contributed by atoms with Gasteiger partial charge in [-0.1, -0.05) is 55.8 Å². The molecule has 0 bridgehead atoms. The van der Waals surface area contributed by atoms with Gasteiger partial charge in [0.05, 0.1) is 12.1 Å². The van der Waals surface area contributed by atoms with Crippen LogP contribution >= 0.6 is 11.6 Å². The van der Waals surface area contributed by atoms with Crippen molar-refractivity contribution in [2.45, 2.75) is 70.4 Å². The highest BCUT2D eigenvalue weighted by Crippen LogP contribution is 2.31. The summed E-state index contributed by atoms with van der Waals surface area (Å²) in [5.74, 6) is 1.80. The van der Waals surface area contributed by atoms with Crippen molar-refractivity contribution in [3.63, 3.8) is 0 Å². The van der Waals surface area contributed by atoms with Crippen LogP contribution < -0.4 is 10.2 Å². The van der Waals surface area contributed by atoms with Gasteiger partial charge in [-0.3, -0.25) is 4.79 Å². The summed E-state index contributed by atoms with van der Waals surface area (Å²) in [6, 6.07) is 12.4. The minimum atomic E-state index is -0.107. The van der Waals surface area contributed by atoms with Crippen molar-refractivity contribution in [1.82, 2.24) is 20.1 Å². The van der Waals surface area contributed by atoms with Crippen molar-refractivity contribution in [2.75, 3.05) is 18.0 Å². The number of anilines is 1. The topological polar surface area (TPSA) is 63.1 Å². The van der Waals surface area contributed by atoms with Crippen LogP contribution in [0.25, 0.3) is 11.4 Å². The van der Waals surface area contributed by atoms with Gasteiger partial charge in [0, 0.05) is 24.2 Å². The molecular formula is C26H32ClN5O. The maximum absolute atomic E-state index is 13.1. The van der Waals surface area contributed by atoms with Gasteiger partial charge in [0.2, 0.25) is 0 Å². The van der Waals surface area contributed by atoms with Crippen LogP contribution in [0.5, 0.6) is 0 Å².